The SMILES string of the molecule is CC(C(=O)N1CC[C@H](C)C[C@@H]1C)c1ccccc1. The van der Waals surface area contributed by atoms with Crippen molar-refractivity contribution in [3.05, 3.63) is 35.9 Å². The van der Waals surface area contributed by atoms with E-state index < -0.39 is 0 Å². The van der Waals surface area contributed by atoms with E-state index in [-0.39, 0.29) is 11.8 Å². The van der Waals surface area contributed by atoms with Crippen molar-refractivity contribution in [1.82, 2.24) is 4.90 Å². The Morgan fingerprint density at radius 3 is 2.56 bits per heavy atom. The van der Waals surface area contributed by atoms with E-state index in [0.717, 1.165) is 30.9 Å². The number of rotatable bonds is 2. The van der Waals surface area contributed by atoms with Crippen molar-refractivity contribution >= 4 is 5.91 Å². The van der Waals surface area contributed by atoms with Gasteiger partial charge < -0.3 is 4.90 Å². The lowest BCUT2D eigenvalue weighted by atomic mass is 9.91. The van der Waals surface area contributed by atoms with E-state index in [1.54, 1.807) is 0 Å². The number of nitrogens with zero attached hydrogens (tertiary/aromatic N) is 1. The first-order chi connectivity index (χ1) is 8.59. The molecule has 0 N–H and O–H groups in total. The highest BCUT2D eigenvalue weighted by Gasteiger charge is 2.29. The highest BCUT2D eigenvalue weighted by Crippen LogP contribution is 2.26. The van der Waals surface area contributed by atoms with E-state index in [0.29, 0.717) is 6.04 Å². The molecule has 0 aliphatic carbocycles. The second-order valence-electron chi connectivity index (χ2n) is 5.64. The summed E-state index contributed by atoms with van der Waals surface area (Å²) < 4.78 is 0. The van der Waals surface area contributed by atoms with Gasteiger partial charge in [0.25, 0.3) is 0 Å². The number of piperidine rings is 1. The zero-order chi connectivity index (χ0) is 13.1. The molecule has 2 nitrogen and oxygen atoms in total. The third-order valence-corrected chi connectivity index (χ3v) is 4.09. The normalized spacial score (nSPS) is 25.8. The van der Waals surface area contributed by atoms with Crippen molar-refractivity contribution in [1.29, 1.82) is 0 Å². The highest BCUT2D eigenvalue weighted by molar-refractivity contribution is 5.83. The fourth-order valence-corrected chi connectivity index (χ4v) is 2.87. The van der Waals surface area contributed by atoms with Crippen LogP contribution in [0.15, 0.2) is 30.3 Å². The lowest BCUT2D eigenvalue weighted by Crippen LogP contribution is -2.45. The van der Waals surface area contributed by atoms with Crippen molar-refractivity contribution in [3.8, 4) is 0 Å². The van der Waals surface area contributed by atoms with E-state index in [1.807, 2.05) is 37.3 Å². The van der Waals surface area contributed by atoms with Crippen LogP contribution in [0.3, 0.4) is 0 Å². The molecule has 1 aromatic carbocycles. The van der Waals surface area contributed by atoms with Gasteiger partial charge in [0.1, 0.15) is 0 Å². The Hall–Kier alpha value is -1.31. The minimum atomic E-state index is -0.0259. The summed E-state index contributed by atoms with van der Waals surface area (Å²) in [7, 11) is 0. The van der Waals surface area contributed by atoms with Crippen LogP contribution < -0.4 is 0 Å². The van der Waals surface area contributed by atoms with Crippen molar-refractivity contribution in [2.45, 2.75) is 45.6 Å². The third-order valence-electron chi connectivity index (χ3n) is 4.09. The molecule has 18 heavy (non-hydrogen) atoms. The fraction of sp³-hybridized carbons (Fsp3) is 0.562. The molecule has 98 valence electrons. The summed E-state index contributed by atoms with van der Waals surface area (Å²) in [6.07, 6.45) is 2.27. The molecule has 1 aliphatic heterocycles. The Kier molecular flexibility index (Phi) is 4.05. The van der Waals surface area contributed by atoms with Crippen LogP contribution in [-0.4, -0.2) is 23.4 Å². The van der Waals surface area contributed by atoms with E-state index >= 15 is 0 Å². The predicted molar refractivity (Wildman–Crippen MR) is 74.4 cm³/mol. The molecule has 2 heteroatoms. The molecule has 0 radical (unpaired) electrons. The van der Waals surface area contributed by atoms with Crippen LogP contribution >= 0.6 is 0 Å². The summed E-state index contributed by atoms with van der Waals surface area (Å²) in [4.78, 5) is 14.6. The lowest BCUT2D eigenvalue weighted by molar-refractivity contribution is -0.136. The number of carbonyl (C=O) groups is 1. The number of likely N-dealkylation sites (tertiary alicyclic amines) is 1. The van der Waals surface area contributed by atoms with Crippen LogP contribution in [0.5, 0.6) is 0 Å². The molecule has 1 fully saturated rings. The van der Waals surface area contributed by atoms with Gasteiger partial charge in [0.05, 0.1) is 5.92 Å². The Morgan fingerprint density at radius 2 is 1.94 bits per heavy atom. The van der Waals surface area contributed by atoms with Gasteiger partial charge in [0.15, 0.2) is 0 Å². The molecule has 0 spiro atoms. The summed E-state index contributed by atoms with van der Waals surface area (Å²) in [5, 5.41) is 0. The van der Waals surface area contributed by atoms with Crippen LogP contribution in [0.25, 0.3) is 0 Å². The van der Waals surface area contributed by atoms with Crippen LogP contribution in [0.2, 0.25) is 0 Å². The van der Waals surface area contributed by atoms with Gasteiger partial charge in [-0.3, -0.25) is 4.79 Å². The quantitative estimate of drug-likeness (QED) is 0.781. The molecule has 1 aromatic rings. The second kappa shape index (κ2) is 5.55. The van der Waals surface area contributed by atoms with Crippen molar-refractivity contribution < 1.29 is 4.79 Å². The Labute approximate surface area is 110 Å². The van der Waals surface area contributed by atoms with Gasteiger partial charge in [0, 0.05) is 12.6 Å². The Balaban J connectivity index is 2.07. The monoisotopic (exact) mass is 245 g/mol. The van der Waals surface area contributed by atoms with Crippen LogP contribution in [0.1, 0.15) is 45.1 Å². The number of amides is 1. The number of benzene rings is 1. The van der Waals surface area contributed by atoms with Gasteiger partial charge >= 0.3 is 0 Å². The zero-order valence-electron chi connectivity index (χ0n) is 11.6. The van der Waals surface area contributed by atoms with Gasteiger partial charge in [-0.15, -0.1) is 0 Å². The molecule has 0 saturated carbocycles. The third kappa shape index (κ3) is 2.74. The first-order valence-corrected chi connectivity index (χ1v) is 6.95. The molecular formula is C16H23NO. The molecule has 1 aliphatic rings. The van der Waals surface area contributed by atoms with Crippen molar-refractivity contribution in [2.75, 3.05) is 6.54 Å². The topological polar surface area (TPSA) is 20.3 Å². The maximum Gasteiger partial charge on any atom is 0.230 e. The maximum atomic E-state index is 12.5. The van der Waals surface area contributed by atoms with Gasteiger partial charge in [-0.1, -0.05) is 37.3 Å². The first kappa shape index (κ1) is 13.1. The first-order valence-electron chi connectivity index (χ1n) is 6.95. The summed E-state index contributed by atoms with van der Waals surface area (Å²) >= 11 is 0. The van der Waals surface area contributed by atoms with Crippen LogP contribution in [0.4, 0.5) is 0 Å². The lowest BCUT2D eigenvalue weighted by Gasteiger charge is -2.38. The number of carbonyl (C=O) groups excluding carboxylic acids is 1. The summed E-state index contributed by atoms with van der Waals surface area (Å²) in [6.45, 7) is 7.38. The minimum absolute atomic E-state index is 0.0259. The van der Waals surface area contributed by atoms with Gasteiger partial charge in [-0.2, -0.15) is 0 Å². The highest BCUT2D eigenvalue weighted by atomic mass is 16.2. The molecule has 1 unspecified atom stereocenters. The smallest absolute Gasteiger partial charge is 0.230 e. The summed E-state index contributed by atoms with van der Waals surface area (Å²) in [5.74, 6) is 0.999. The molecule has 1 saturated heterocycles. The van der Waals surface area contributed by atoms with Crippen LogP contribution in [-0.2, 0) is 4.79 Å². The minimum Gasteiger partial charge on any atom is -0.339 e. The van der Waals surface area contributed by atoms with E-state index in [1.165, 1.54) is 0 Å². The molecule has 0 bridgehead atoms. The van der Waals surface area contributed by atoms with E-state index in [2.05, 4.69) is 18.7 Å². The summed E-state index contributed by atoms with van der Waals surface area (Å²) in [5.41, 5.74) is 1.12. The fourth-order valence-electron chi connectivity index (χ4n) is 2.87. The van der Waals surface area contributed by atoms with E-state index in [9.17, 15) is 4.79 Å². The molecule has 0 aromatic heterocycles. The number of hydrogen-bond acceptors (Lipinski definition) is 1. The average molecular weight is 245 g/mol. The number of hydrogen-bond donors (Lipinski definition) is 0. The molecular weight excluding hydrogens is 222 g/mol. The second-order valence-corrected chi connectivity index (χ2v) is 5.64. The molecule has 2 rings (SSSR count). The Morgan fingerprint density at radius 1 is 1.28 bits per heavy atom. The average Bonchev–Trinajstić information content (AvgIpc) is 2.38. The molecule has 3 atom stereocenters. The van der Waals surface area contributed by atoms with Crippen LogP contribution in [0, 0.1) is 5.92 Å². The summed E-state index contributed by atoms with van der Waals surface area (Å²) in [6, 6.07) is 10.5. The molecule has 1 heterocycles. The predicted octanol–water partition coefficient (Wildman–Crippen LogP) is 3.44. The van der Waals surface area contributed by atoms with Crippen molar-refractivity contribution in [3.63, 3.8) is 0 Å². The largest absolute Gasteiger partial charge is 0.339 e. The van der Waals surface area contributed by atoms with Crippen molar-refractivity contribution in [2.24, 2.45) is 5.92 Å². The standard InChI is InChI=1S/C16H23NO/c1-12-9-10-17(13(2)11-12)16(18)14(3)15-7-5-4-6-8-15/h4-8,12-14H,9-11H2,1-3H3/t12-,13-,14?/m0/s1. The Bertz CT molecular complexity index is 401. The zero-order valence-corrected chi connectivity index (χ0v) is 11.6. The maximum absolute atomic E-state index is 12.5. The van der Waals surface area contributed by atoms with Gasteiger partial charge in [-0.25, -0.2) is 0 Å². The van der Waals surface area contributed by atoms with Gasteiger partial charge in [-0.05, 0) is 38.2 Å². The van der Waals surface area contributed by atoms with E-state index in [4.69, 9.17) is 0 Å². The van der Waals surface area contributed by atoms with Gasteiger partial charge in [0.2, 0.25) is 5.91 Å². The molecule has 1 amide bonds.